The molecule has 0 spiro atoms. The predicted molar refractivity (Wildman–Crippen MR) is 159 cm³/mol. The highest BCUT2D eigenvalue weighted by molar-refractivity contribution is 7.92. The second kappa shape index (κ2) is 13.0. The Labute approximate surface area is 246 Å². The SMILES string of the molecule is Cc1ccc(S(=O)(=O)N(CC(=O)N(Cc2ccccc2F)[C@@H](C)C(=O)NC2CCCC2)c2ccc(Cl)cc2C)cc1. The Hall–Kier alpha value is -3.43. The zero-order chi connectivity index (χ0) is 29.7. The number of hydrogen-bond donors (Lipinski definition) is 1. The Morgan fingerprint density at radius 2 is 1.68 bits per heavy atom. The quantitative estimate of drug-likeness (QED) is 0.321. The number of nitrogens with zero attached hydrogens (tertiary/aromatic N) is 2. The Balaban J connectivity index is 1.72. The lowest BCUT2D eigenvalue weighted by Crippen LogP contribution is -2.52. The Morgan fingerprint density at radius 1 is 1.02 bits per heavy atom. The molecule has 7 nitrogen and oxygen atoms in total. The fraction of sp³-hybridized carbons (Fsp3) is 0.355. The van der Waals surface area contributed by atoms with E-state index in [9.17, 15) is 22.4 Å². The van der Waals surface area contributed by atoms with Gasteiger partial charge in [0.05, 0.1) is 10.6 Å². The molecule has 0 radical (unpaired) electrons. The fourth-order valence-electron chi connectivity index (χ4n) is 5.03. The van der Waals surface area contributed by atoms with Gasteiger partial charge in [0.1, 0.15) is 18.4 Å². The smallest absolute Gasteiger partial charge is 0.264 e. The van der Waals surface area contributed by atoms with Gasteiger partial charge in [-0.2, -0.15) is 0 Å². The van der Waals surface area contributed by atoms with Crippen LogP contribution in [-0.4, -0.2) is 43.8 Å². The zero-order valence-electron chi connectivity index (χ0n) is 23.4. The zero-order valence-corrected chi connectivity index (χ0v) is 25.0. The number of nitrogens with one attached hydrogen (secondary N) is 1. The van der Waals surface area contributed by atoms with E-state index in [0.29, 0.717) is 10.6 Å². The van der Waals surface area contributed by atoms with E-state index in [1.54, 1.807) is 62.4 Å². The molecule has 41 heavy (non-hydrogen) atoms. The maximum atomic E-state index is 14.7. The van der Waals surface area contributed by atoms with E-state index in [4.69, 9.17) is 11.6 Å². The fourth-order valence-corrected chi connectivity index (χ4v) is 6.74. The van der Waals surface area contributed by atoms with Crippen molar-refractivity contribution in [1.29, 1.82) is 0 Å². The van der Waals surface area contributed by atoms with Crippen molar-refractivity contribution < 1.29 is 22.4 Å². The summed E-state index contributed by atoms with van der Waals surface area (Å²) in [6.07, 6.45) is 3.75. The number of carbonyl (C=O) groups is 2. The molecule has 1 aliphatic carbocycles. The van der Waals surface area contributed by atoms with Crippen molar-refractivity contribution in [3.63, 3.8) is 0 Å². The molecule has 3 aromatic rings. The summed E-state index contributed by atoms with van der Waals surface area (Å²) in [6.45, 7) is 4.32. The number of rotatable bonds is 10. The number of amides is 2. The summed E-state index contributed by atoms with van der Waals surface area (Å²) in [6, 6.07) is 16.1. The van der Waals surface area contributed by atoms with Crippen molar-refractivity contribution in [3.05, 3.63) is 94.3 Å². The van der Waals surface area contributed by atoms with Gasteiger partial charge in [-0.3, -0.25) is 13.9 Å². The minimum absolute atomic E-state index is 0.0120. The van der Waals surface area contributed by atoms with E-state index < -0.39 is 34.3 Å². The second-order valence-electron chi connectivity index (χ2n) is 10.5. The Kier molecular flexibility index (Phi) is 9.71. The summed E-state index contributed by atoms with van der Waals surface area (Å²) in [7, 11) is -4.21. The lowest BCUT2D eigenvalue weighted by molar-refractivity contribution is -0.139. The van der Waals surface area contributed by atoms with Crippen LogP contribution in [0.4, 0.5) is 10.1 Å². The van der Waals surface area contributed by atoms with Crippen molar-refractivity contribution in [2.24, 2.45) is 0 Å². The molecule has 3 aromatic carbocycles. The molecule has 0 aromatic heterocycles. The van der Waals surface area contributed by atoms with Gasteiger partial charge in [-0.25, -0.2) is 12.8 Å². The molecule has 0 heterocycles. The van der Waals surface area contributed by atoms with Crippen molar-refractivity contribution in [1.82, 2.24) is 10.2 Å². The third-order valence-corrected chi connectivity index (χ3v) is 9.49. The summed E-state index contributed by atoms with van der Waals surface area (Å²) in [5, 5.41) is 3.42. The number of carbonyl (C=O) groups excluding carboxylic acids is 2. The van der Waals surface area contributed by atoms with Gasteiger partial charge in [-0.05, 0) is 75.6 Å². The minimum Gasteiger partial charge on any atom is -0.352 e. The van der Waals surface area contributed by atoms with Crippen molar-refractivity contribution in [3.8, 4) is 0 Å². The monoisotopic (exact) mass is 599 g/mol. The highest BCUT2D eigenvalue weighted by Gasteiger charge is 2.34. The molecule has 4 rings (SSSR count). The first-order valence-corrected chi connectivity index (χ1v) is 15.5. The van der Waals surface area contributed by atoms with Crippen LogP contribution in [-0.2, 0) is 26.2 Å². The topological polar surface area (TPSA) is 86.8 Å². The summed E-state index contributed by atoms with van der Waals surface area (Å²) < 4.78 is 43.7. The molecule has 1 saturated carbocycles. The van der Waals surface area contributed by atoms with Crippen LogP contribution in [0.2, 0.25) is 5.02 Å². The Bertz CT molecular complexity index is 1510. The number of halogens is 2. The summed E-state index contributed by atoms with van der Waals surface area (Å²) >= 11 is 6.15. The molecule has 10 heteroatoms. The summed E-state index contributed by atoms with van der Waals surface area (Å²) in [4.78, 5) is 28.6. The number of aryl methyl sites for hydroxylation is 2. The third-order valence-electron chi connectivity index (χ3n) is 7.48. The number of anilines is 1. The molecule has 1 aliphatic rings. The molecule has 0 bridgehead atoms. The van der Waals surface area contributed by atoms with Gasteiger partial charge in [0.15, 0.2) is 0 Å². The van der Waals surface area contributed by atoms with Gasteiger partial charge >= 0.3 is 0 Å². The third kappa shape index (κ3) is 7.26. The highest BCUT2D eigenvalue weighted by Crippen LogP contribution is 2.30. The van der Waals surface area contributed by atoms with E-state index in [2.05, 4.69) is 5.32 Å². The van der Waals surface area contributed by atoms with Crippen LogP contribution in [0, 0.1) is 19.7 Å². The van der Waals surface area contributed by atoms with Gasteiger partial charge in [0.2, 0.25) is 11.8 Å². The van der Waals surface area contributed by atoms with Crippen molar-refractivity contribution >= 4 is 39.1 Å². The van der Waals surface area contributed by atoms with E-state index in [1.165, 1.54) is 23.1 Å². The van der Waals surface area contributed by atoms with Crippen LogP contribution in [0.5, 0.6) is 0 Å². The minimum atomic E-state index is -4.21. The molecule has 1 fully saturated rings. The predicted octanol–water partition coefficient (Wildman–Crippen LogP) is 5.77. The van der Waals surface area contributed by atoms with Crippen molar-refractivity contribution in [2.45, 2.75) is 70.0 Å². The summed E-state index contributed by atoms with van der Waals surface area (Å²) in [5.74, 6) is -1.53. The average molecular weight is 600 g/mol. The molecule has 2 amide bonds. The Morgan fingerprint density at radius 3 is 2.32 bits per heavy atom. The van der Waals surface area contributed by atoms with E-state index in [1.807, 2.05) is 6.92 Å². The molecule has 1 N–H and O–H groups in total. The normalized spacial score (nSPS) is 14.5. The molecule has 218 valence electrons. The first-order valence-electron chi connectivity index (χ1n) is 13.7. The second-order valence-corrected chi connectivity index (χ2v) is 12.8. The number of sulfonamides is 1. The first kappa shape index (κ1) is 30.5. The maximum Gasteiger partial charge on any atom is 0.264 e. The molecule has 1 atom stereocenters. The van der Waals surface area contributed by atoms with Crippen LogP contribution >= 0.6 is 11.6 Å². The number of hydrogen-bond acceptors (Lipinski definition) is 4. The van der Waals surface area contributed by atoms with E-state index in [0.717, 1.165) is 35.6 Å². The molecule has 0 unspecified atom stereocenters. The largest absolute Gasteiger partial charge is 0.352 e. The van der Waals surface area contributed by atoms with Gasteiger partial charge in [-0.1, -0.05) is 60.3 Å². The van der Waals surface area contributed by atoms with Gasteiger partial charge in [-0.15, -0.1) is 0 Å². The standard InChI is InChI=1S/C31H35ClFN3O4S/c1-21-12-15-27(16-13-21)41(39,40)36(29-17-14-25(32)18-22(29)2)20-30(37)35(19-24-8-4-7-11-28(24)33)23(3)31(38)34-26-9-5-6-10-26/h4,7-8,11-18,23,26H,5-6,9-10,19-20H2,1-3H3,(H,34,38)/t23-/m0/s1. The van der Waals surface area contributed by atoms with Crippen LogP contribution in [0.3, 0.4) is 0 Å². The van der Waals surface area contributed by atoms with Crippen molar-refractivity contribution in [2.75, 3.05) is 10.8 Å². The van der Waals surface area contributed by atoms with Crippen LogP contribution in [0.25, 0.3) is 0 Å². The van der Waals surface area contributed by atoms with Gasteiger partial charge in [0.25, 0.3) is 10.0 Å². The molecule has 0 aliphatic heterocycles. The van der Waals surface area contributed by atoms with Gasteiger partial charge < -0.3 is 10.2 Å². The summed E-state index contributed by atoms with van der Waals surface area (Å²) in [5.41, 5.74) is 1.93. The van der Waals surface area contributed by atoms with Crippen LogP contribution < -0.4 is 9.62 Å². The van der Waals surface area contributed by atoms with Crippen LogP contribution in [0.15, 0.2) is 71.6 Å². The van der Waals surface area contributed by atoms with Crippen LogP contribution in [0.1, 0.15) is 49.3 Å². The maximum absolute atomic E-state index is 14.7. The average Bonchev–Trinajstić information content (AvgIpc) is 3.44. The lowest BCUT2D eigenvalue weighted by Gasteiger charge is -2.33. The van der Waals surface area contributed by atoms with E-state index in [-0.39, 0.29) is 34.6 Å². The number of benzene rings is 3. The lowest BCUT2D eigenvalue weighted by atomic mass is 10.1. The van der Waals surface area contributed by atoms with E-state index >= 15 is 0 Å². The highest BCUT2D eigenvalue weighted by atomic mass is 35.5. The molecular formula is C31H35ClFN3O4S. The molecule has 0 saturated heterocycles. The molecular weight excluding hydrogens is 565 g/mol. The van der Waals surface area contributed by atoms with Gasteiger partial charge in [0, 0.05) is 23.2 Å². The first-order chi connectivity index (χ1) is 19.5.